The summed E-state index contributed by atoms with van der Waals surface area (Å²) in [4.78, 5) is 26.5. The number of amides is 2. The average molecular weight is 277 g/mol. The van der Waals surface area contributed by atoms with Crippen molar-refractivity contribution in [3.8, 4) is 0 Å². The van der Waals surface area contributed by atoms with E-state index in [2.05, 4.69) is 5.32 Å². The average Bonchev–Trinajstić information content (AvgIpc) is 2.37. The fourth-order valence-corrected chi connectivity index (χ4v) is 1.73. The summed E-state index contributed by atoms with van der Waals surface area (Å²) in [5, 5.41) is 2.87. The third-order valence-electron chi connectivity index (χ3n) is 3.05. The molecule has 0 heterocycles. The van der Waals surface area contributed by atoms with Gasteiger partial charge in [-0.05, 0) is 25.1 Å². The monoisotopic (exact) mass is 277 g/mol. The zero-order valence-corrected chi connectivity index (χ0v) is 12.6. The lowest BCUT2D eigenvalue weighted by atomic mass is 10.1. The second kappa shape index (κ2) is 7.65. The molecule has 5 heteroatoms. The van der Waals surface area contributed by atoms with E-state index < -0.39 is 0 Å². The van der Waals surface area contributed by atoms with Crippen LogP contribution in [0.2, 0.25) is 0 Å². The van der Waals surface area contributed by atoms with Crippen LogP contribution in [0.3, 0.4) is 0 Å². The molecule has 0 aliphatic rings. The molecule has 0 atom stereocenters. The van der Waals surface area contributed by atoms with E-state index in [9.17, 15) is 9.59 Å². The van der Waals surface area contributed by atoms with Gasteiger partial charge in [0.15, 0.2) is 0 Å². The highest BCUT2D eigenvalue weighted by molar-refractivity contribution is 5.80. The molecule has 2 amide bonds. The number of rotatable bonds is 6. The molecule has 0 aliphatic carbocycles. The van der Waals surface area contributed by atoms with Gasteiger partial charge in [-0.1, -0.05) is 24.3 Å². The van der Waals surface area contributed by atoms with Crippen molar-refractivity contribution in [1.29, 1.82) is 0 Å². The minimum absolute atomic E-state index is 0.0146. The Bertz CT molecular complexity index is 472. The van der Waals surface area contributed by atoms with Crippen molar-refractivity contribution < 1.29 is 9.59 Å². The maximum atomic E-state index is 11.8. The molecule has 0 radical (unpaired) electrons. The fraction of sp³-hybridized carbons (Fsp3) is 0.467. The maximum Gasteiger partial charge on any atom is 0.236 e. The lowest BCUT2D eigenvalue weighted by Gasteiger charge is -2.18. The molecule has 0 aliphatic heterocycles. The molecule has 1 N–H and O–H groups in total. The van der Waals surface area contributed by atoms with Gasteiger partial charge < -0.3 is 10.2 Å². The van der Waals surface area contributed by atoms with Crippen LogP contribution in [0, 0.1) is 6.92 Å². The quantitative estimate of drug-likeness (QED) is 0.830. The third kappa shape index (κ3) is 5.40. The molecule has 0 fully saturated rings. The van der Waals surface area contributed by atoms with E-state index in [1.807, 2.05) is 31.2 Å². The second-order valence-corrected chi connectivity index (χ2v) is 5.16. The van der Waals surface area contributed by atoms with Crippen molar-refractivity contribution in [2.24, 2.45) is 0 Å². The molecule has 5 nitrogen and oxygen atoms in total. The minimum Gasteiger partial charge on any atom is -0.351 e. The Hall–Kier alpha value is -1.88. The van der Waals surface area contributed by atoms with Crippen LogP contribution >= 0.6 is 0 Å². The summed E-state index contributed by atoms with van der Waals surface area (Å²) in [6.45, 7) is 2.99. The predicted octanol–water partition coefficient (Wildman–Crippen LogP) is 0.631. The summed E-state index contributed by atoms with van der Waals surface area (Å²) in [6, 6.07) is 7.94. The van der Waals surface area contributed by atoms with Crippen LogP contribution in [0.1, 0.15) is 11.1 Å². The summed E-state index contributed by atoms with van der Waals surface area (Å²) in [5.74, 6) is -0.0958. The number of carbonyl (C=O) groups is 2. The normalized spacial score (nSPS) is 10.4. The van der Waals surface area contributed by atoms with Gasteiger partial charge in [0.2, 0.25) is 11.8 Å². The largest absolute Gasteiger partial charge is 0.351 e. The molecule has 110 valence electrons. The van der Waals surface area contributed by atoms with Gasteiger partial charge in [-0.25, -0.2) is 0 Å². The summed E-state index contributed by atoms with van der Waals surface area (Å²) in [5.41, 5.74) is 2.26. The molecule has 0 spiro atoms. The second-order valence-electron chi connectivity index (χ2n) is 5.16. The van der Waals surface area contributed by atoms with Gasteiger partial charge in [0, 0.05) is 20.6 Å². The molecule has 1 aromatic rings. The highest BCUT2D eigenvalue weighted by Crippen LogP contribution is 2.05. The van der Waals surface area contributed by atoms with Crippen molar-refractivity contribution in [1.82, 2.24) is 15.1 Å². The Morgan fingerprint density at radius 2 is 1.75 bits per heavy atom. The number of likely N-dealkylation sites (N-methyl/N-ethyl adjacent to an activating group) is 2. The number of carbonyl (C=O) groups excluding carboxylic acids is 2. The molecule has 0 saturated carbocycles. The summed E-state index contributed by atoms with van der Waals surface area (Å²) in [6.07, 6.45) is 0. The number of benzene rings is 1. The van der Waals surface area contributed by atoms with Crippen molar-refractivity contribution in [3.05, 3.63) is 35.4 Å². The molecular weight excluding hydrogens is 254 g/mol. The Labute approximate surface area is 120 Å². The smallest absolute Gasteiger partial charge is 0.236 e. The first kappa shape index (κ1) is 16.2. The predicted molar refractivity (Wildman–Crippen MR) is 79.2 cm³/mol. The van der Waals surface area contributed by atoms with Crippen LogP contribution in [-0.4, -0.2) is 55.8 Å². The van der Waals surface area contributed by atoms with Gasteiger partial charge in [-0.2, -0.15) is 0 Å². The fourth-order valence-electron chi connectivity index (χ4n) is 1.73. The topological polar surface area (TPSA) is 52.7 Å². The van der Waals surface area contributed by atoms with Crippen molar-refractivity contribution in [2.45, 2.75) is 13.5 Å². The minimum atomic E-state index is -0.0812. The first-order valence-electron chi connectivity index (χ1n) is 6.60. The summed E-state index contributed by atoms with van der Waals surface area (Å²) < 4.78 is 0. The summed E-state index contributed by atoms with van der Waals surface area (Å²) in [7, 11) is 5.16. The molecule has 0 aromatic heterocycles. The van der Waals surface area contributed by atoms with E-state index in [1.54, 1.807) is 26.0 Å². The van der Waals surface area contributed by atoms with Crippen LogP contribution < -0.4 is 5.32 Å². The molecular formula is C15H23N3O2. The zero-order valence-electron chi connectivity index (χ0n) is 12.6. The first-order chi connectivity index (χ1) is 9.40. The summed E-state index contributed by atoms with van der Waals surface area (Å²) >= 11 is 0. The first-order valence-corrected chi connectivity index (χ1v) is 6.60. The van der Waals surface area contributed by atoms with Crippen LogP contribution in [0.4, 0.5) is 0 Å². The van der Waals surface area contributed by atoms with E-state index in [0.717, 1.165) is 11.1 Å². The maximum absolute atomic E-state index is 11.8. The number of aryl methyl sites for hydroxylation is 1. The van der Waals surface area contributed by atoms with Crippen LogP contribution in [0.5, 0.6) is 0 Å². The van der Waals surface area contributed by atoms with Crippen LogP contribution in [0.15, 0.2) is 24.3 Å². The Kier molecular flexibility index (Phi) is 6.18. The van der Waals surface area contributed by atoms with Crippen LogP contribution in [-0.2, 0) is 16.1 Å². The molecule has 0 saturated heterocycles. The zero-order chi connectivity index (χ0) is 15.1. The molecule has 1 rings (SSSR count). The molecule has 1 aromatic carbocycles. The number of hydrogen-bond acceptors (Lipinski definition) is 3. The van der Waals surface area contributed by atoms with Crippen molar-refractivity contribution in [3.63, 3.8) is 0 Å². The Balaban J connectivity index is 2.37. The highest BCUT2D eigenvalue weighted by Gasteiger charge is 2.11. The number of nitrogens with zero attached hydrogens (tertiary/aromatic N) is 2. The van der Waals surface area contributed by atoms with Gasteiger partial charge in [0.25, 0.3) is 0 Å². The highest BCUT2D eigenvalue weighted by atomic mass is 16.2. The van der Waals surface area contributed by atoms with Gasteiger partial charge in [0.1, 0.15) is 0 Å². The van der Waals surface area contributed by atoms with E-state index in [0.29, 0.717) is 6.54 Å². The number of nitrogens with one attached hydrogen (secondary N) is 1. The van der Waals surface area contributed by atoms with Gasteiger partial charge in [-0.15, -0.1) is 0 Å². The Morgan fingerprint density at radius 3 is 2.35 bits per heavy atom. The SMILES string of the molecule is Cc1ccccc1CNC(=O)CN(C)CC(=O)N(C)C. The van der Waals surface area contributed by atoms with Crippen molar-refractivity contribution in [2.75, 3.05) is 34.2 Å². The van der Waals surface area contributed by atoms with Gasteiger partial charge >= 0.3 is 0 Å². The molecule has 0 bridgehead atoms. The van der Waals surface area contributed by atoms with Crippen LogP contribution in [0.25, 0.3) is 0 Å². The lowest BCUT2D eigenvalue weighted by Crippen LogP contribution is -2.40. The Morgan fingerprint density at radius 1 is 1.10 bits per heavy atom. The third-order valence-corrected chi connectivity index (χ3v) is 3.05. The van der Waals surface area contributed by atoms with Gasteiger partial charge in [-0.3, -0.25) is 14.5 Å². The lowest BCUT2D eigenvalue weighted by molar-refractivity contribution is -0.130. The molecule has 20 heavy (non-hydrogen) atoms. The van der Waals surface area contributed by atoms with E-state index in [4.69, 9.17) is 0 Å². The van der Waals surface area contributed by atoms with E-state index in [1.165, 1.54) is 4.90 Å². The molecule has 0 unspecified atom stereocenters. The number of hydrogen-bond donors (Lipinski definition) is 1. The van der Waals surface area contributed by atoms with Gasteiger partial charge in [0.05, 0.1) is 13.1 Å². The van der Waals surface area contributed by atoms with Crippen molar-refractivity contribution >= 4 is 11.8 Å². The van der Waals surface area contributed by atoms with E-state index in [-0.39, 0.29) is 24.9 Å². The van der Waals surface area contributed by atoms with E-state index >= 15 is 0 Å². The standard InChI is InChI=1S/C15H23N3O2/c1-12-7-5-6-8-13(12)9-16-14(19)10-18(4)11-15(20)17(2)3/h5-8H,9-11H2,1-4H3,(H,16,19).